The topological polar surface area (TPSA) is 55.1 Å². The van der Waals surface area contributed by atoms with Crippen molar-refractivity contribution in [1.29, 1.82) is 0 Å². The standard InChI is InChI=1S/C13H26N2O/c1-9(2)7-11(14)8-15-13(16)12-6-4-5-10(12)3/h9-12H,4-8,14H2,1-3H3,(H,15,16). The molecule has 3 N–H and O–H groups in total. The van der Waals surface area contributed by atoms with Crippen LogP contribution in [0, 0.1) is 17.8 Å². The molecular formula is C13H26N2O. The molecule has 0 aromatic heterocycles. The van der Waals surface area contributed by atoms with Crippen molar-refractivity contribution in [3.05, 3.63) is 0 Å². The Morgan fingerprint density at radius 1 is 1.44 bits per heavy atom. The highest BCUT2D eigenvalue weighted by Crippen LogP contribution is 2.31. The summed E-state index contributed by atoms with van der Waals surface area (Å²) < 4.78 is 0. The molecule has 0 aromatic carbocycles. The third kappa shape index (κ3) is 4.12. The van der Waals surface area contributed by atoms with E-state index in [1.807, 2.05) is 0 Å². The quantitative estimate of drug-likeness (QED) is 0.752. The number of nitrogens with two attached hydrogens (primary N) is 1. The number of amides is 1. The van der Waals surface area contributed by atoms with Crippen LogP contribution in [0.5, 0.6) is 0 Å². The van der Waals surface area contributed by atoms with Crippen LogP contribution in [-0.4, -0.2) is 18.5 Å². The van der Waals surface area contributed by atoms with Gasteiger partial charge in [-0.2, -0.15) is 0 Å². The third-order valence-corrected chi connectivity index (χ3v) is 3.51. The van der Waals surface area contributed by atoms with Crippen LogP contribution < -0.4 is 11.1 Å². The lowest BCUT2D eigenvalue weighted by Gasteiger charge is -2.18. The SMILES string of the molecule is CC(C)CC(N)CNC(=O)C1CCCC1C. The van der Waals surface area contributed by atoms with Crippen molar-refractivity contribution in [2.45, 2.75) is 52.5 Å². The summed E-state index contributed by atoms with van der Waals surface area (Å²) >= 11 is 0. The molecule has 1 saturated carbocycles. The molecule has 0 saturated heterocycles. The fraction of sp³-hybridized carbons (Fsp3) is 0.923. The highest BCUT2D eigenvalue weighted by Gasteiger charge is 2.29. The van der Waals surface area contributed by atoms with Gasteiger partial charge in [0.1, 0.15) is 0 Å². The van der Waals surface area contributed by atoms with Crippen LogP contribution in [0.25, 0.3) is 0 Å². The molecule has 1 aliphatic carbocycles. The van der Waals surface area contributed by atoms with Crippen molar-refractivity contribution in [1.82, 2.24) is 5.32 Å². The highest BCUT2D eigenvalue weighted by molar-refractivity contribution is 5.79. The van der Waals surface area contributed by atoms with Gasteiger partial charge in [-0.25, -0.2) is 0 Å². The molecule has 0 aromatic rings. The van der Waals surface area contributed by atoms with Gasteiger partial charge in [0.15, 0.2) is 0 Å². The Balaban J connectivity index is 2.24. The Morgan fingerprint density at radius 3 is 2.62 bits per heavy atom. The average Bonchev–Trinajstić information content (AvgIpc) is 2.60. The maximum Gasteiger partial charge on any atom is 0.223 e. The summed E-state index contributed by atoms with van der Waals surface area (Å²) in [7, 11) is 0. The first-order valence-corrected chi connectivity index (χ1v) is 6.54. The summed E-state index contributed by atoms with van der Waals surface area (Å²) in [4.78, 5) is 11.9. The van der Waals surface area contributed by atoms with Crippen molar-refractivity contribution in [3.8, 4) is 0 Å². The second kappa shape index (κ2) is 6.24. The fourth-order valence-electron chi connectivity index (χ4n) is 2.59. The van der Waals surface area contributed by atoms with E-state index < -0.39 is 0 Å². The Hall–Kier alpha value is -0.570. The summed E-state index contributed by atoms with van der Waals surface area (Å²) in [5.41, 5.74) is 5.94. The van der Waals surface area contributed by atoms with E-state index in [0.29, 0.717) is 18.4 Å². The van der Waals surface area contributed by atoms with E-state index in [2.05, 4.69) is 26.1 Å². The first-order chi connectivity index (χ1) is 7.50. The Kier molecular flexibility index (Phi) is 5.26. The number of nitrogens with one attached hydrogen (secondary N) is 1. The molecule has 0 heterocycles. The van der Waals surface area contributed by atoms with Crippen molar-refractivity contribution in [3.63, 3.8) is 0 Å². The minimum atomic E-state index is 0.0978. The minimum absolute atomic E-state index is 0.0978. The number of hydrogen-bond acceptors (Lipinski definition) is 2. The van der Waals surface area contributed by atoms with Crippen LogP contribution in [0.2, 0.25) is 0 Å². The summed E-state index contributed by atoms with van der Waals surface area (Å²) in [5, 5.41) is 3.00. The van der Waals surface area contributed by atoms with Crippen molar-refractivity contribution < 1.29 is 4.79 Å². The zero-order chi connectivity index (χ0) is 12.1. The second-order valence-electron chi connectivity index (χ2n) is 5.65. The zero-order valence-corrected chi connectivity index (χ0v) is 10.8. The second-order valence-corrected chi connectivity index (χ2v) is 5.65. The lowest BCUT2D eigenvalue weighted by atomic mass is 9.97. The summed E-state index contributed by atoms with van der Waals surface area (Å²) in [6.45, 7) is 7.10. The monoisotopic (exact) mass is 226 g/mol. The molecule has 3 nitrogen and oxygen atoms in total. The summed E-state index contributed by atoms with van der Waals surface area (Å²) in [6.07, 6.45) is 4.40. The predicted molar refractivity (Wildman–Crippen MR) is 66.9 cm³/mol. The fourth-order valence-corrected chi connectivity index (χ4v) is 2.59. The van der Waals surface area contributed by atoms with Gasteiger partial charge in [0.25, 0.3) is 0 Å². The molecule has 3 heteroatoms. The maximum absolute atomic E-state index is 11.9. The van der Waals surface area contributed by atoms with E-state index in [9.17, 15) is 4.79 Å². The van der Waals surface area contributed by atoms with Crippen LogP contribution in [0.15, 0.2) is 0 Å². The molecule has 0 spiro atoms. The van der Waals surface area contributed by atoms with Gasteiger partial charge in [0.05, 0.1) is 0 Å². The molecule has 1 aliphatic rings. The molecule has 1 fully saturated rings. The van der Waals surface area contributed by atoms with E-state index in [1.165, 1.54) is 12.8 Å². The van der Waals surface area contributed by atoms with Gasteiger partial charge in [0.2, 0.25) is 5.91 Å². The van der Waals surface area contributed by atoms with E-state index >= 15 is 0 Å². The van der Waals surface area contributed by atoms with Gasteiger partial charge in [-0.15, -0.1) is 0 Å². The minimum Gasteiger partial charge on any atom is -0.354 e. The van der Waals surface area contributed by atoms with E-state index in [1.54, 1.807) is 0 Å². The molecule has 1 rings (SSSR count). The normalized spacial score (nSPS) is 27.1. The Labute approximate surface area is 99.2 Å². The van der Waals surface area contributed by atoms with E-state index in [-0.39, 0.29) is 17.9 Å². The van der Waals surface area contributed by atoms with Gasteiger partial charge in [-0.05, 0) is 31.1 Å². The molecule has 0 radical (unpaired) electrons. The molecule has 0 bridgehead atoms. The van der Waals surface area contributed by atoms with Crippen molar-refractivity contribution >= 4 is 5.91 Å². The first kappa shape index (κ1) is 13.5. The van der Waals surface area contributed by atoms with E-state index in [4.69, 9.17) is 5.73 Å². The summed E-state index contributed by atoms with van der Waals surface area (Å²) in [5.74, 6) is 1.58. The Morgan fingerprint density at radius 2 is 2.12 bits per heavy atom. The van der Waals surface area contributed by atoms with Crippen molar-refractivity contribution in [2.75, 3.05) is 6.54 Å². The largest absolute Gasteiger partial charge is 0.354 e. The van der Waals surface area contributed by atoms with Crippen molar-refractivity contribution in [2.24, 2.45) is 23.5 Å². The van der Waals surface area contributed by atoms with Crippen LogP contribution in [0.3, 0.4) is 0 Å². The molecule has 1 amide bonds. The molecule has 16 heavy (non-hydrogen) atoms. The zero-order valence-electron chi connectivity index (χ0n) is 10.8. The Bertz CT molecular complexity index is 228. The summed E-state index contributed by atoms with van der Waals surface area (Å²) in [6, 6.07) is 0.0978. The number of carbonyl (C=O) groups excluding carboxylic acids is 1. The van der Waals surface area contributed by atoms with Crippen LogP contribution >= 0.6 is 0 Å². The van der Waals surface area contributed by atoms with Gasteiger partial charge >= 0.3 is 0 Å². The lowest BCUT2D eigenvalue weighted by Crippen LogP contribution is -2.41. The predicted octanol–water partition coefficient (Wildman–Crippen LogP) is 1.91. The average molecular weight is 226 g/mol. The van der Waals surface area contributed by atoms with Gasteiger partial charge < -0.3 is 11.1 Å². The molecule has 0 aliphatic heterocycles. The van der Waals surface area contributed by atoms with E-state index in [0.717, 1.165) is 12.8 Å². The lowest BCUT2D eigenvalue weighted by molar-refractivity contribution is -0.125. The maximum atomic E-state index is 11.9. The highest BCUT2D eigenvalue weighted by atomic mass is 16.1. The van der Waals surface area contributed by atoms with Gasteiger partial charge in [-0.1, -0.05) is 27.2 Å². The van der Waals surface area contributed by atoms with Crippen LogP contribution in [0.1, 0.15) is 46.5 Å². The molecule has 94 valence electrons. The van der Waals surface area contributed by atoms with Crippen LogP contribution in [-0.2, 0) is 4.79 Å². The first-order valence-electron chi connectivity index (χ1n) is 6.54. The van der Waals surface area contributed by atoms with Gasteiger partial charge in [-0.3, -0.25) is 4.79 Å². The molecular weight excluding hydrogens is 200 g/mol. The number of rotatable bonds is 5. The van der Waals surface area contributed by atoms with Gasteiger partial charge in [0, 0.05) is 18.5 Å². The smallest absolute Gasteiger partial charge is 0.223 e. The molecule has 3 atom stereocenters. The third-order valence-electron chi connectivity index (χ3n) is 3.51. The number of hydrogen-bond donors (Lipinski definition) is 2. The molecule has 3 unspecified atom stereocenters. The number of carbonyl (C=O) groups is 1. The van der Waals surface area contributed by atoms with Crippen LogP contribution in [0.4, 0.5) is 0 Å².